The molecule has 0 bridgehead atoms. The van der Waals surface area contributed by atoms with Gasteiger partial charge in [0.1, 0.15) is 5.82 Å². The van der Waals surface area contributed by atoms with Crippen molar-refractivity contribution in [2.45, 2.75) is 20.4 Å². The van der Waals surface area contributed by atoms with Crippen LogP contribution in [-0.2, 0) is 11.3 Å². The molecule has 9 nitrogen and oxygen atoms in total. The Morgan fingerprint density at radius 1 is 1.26 bits per heavy atom. The van der Waals surface area contributed by atoms with E-state index in [1.54, 1.807) is 47.4 Å². The van der Waals surface area contributed by atoms with Gasteiger partial charge in [0.25, 0.3) is 5.56 Å². The highest BCUT2D eigenvalue weighted by molar-refractivity contribution is 5.99. The maximum atomic E-state index is 12.9. The van der Waals surface area contributed by atoms with E-state index in [4.69, 9.17) is 0 Å². The van der Waals surface area contributed by atoms with Crippen LogP contribution in [0.25, 0.3) is 16.7 Å². The second-order valence-corrected chi connectivity index (χ2v) is 6.83. The number of benzene rings is 1. The lowest BCUT2D eigenvalue weighted by atomic mass is 10.2. The van der Waals surface area contributed by atoms with E-state index in [1.807, 2.05) is 19.9 Å². The summed E-state index contributed by atoms with van der Waals surface area (Å²) in [6.07, 6.45) is 4.56. The van der Waals surface area contributed by atoms with E-state index in [-0.39, 0.29) is 11.5 Å². The number of hydrogen-bond donors (Lipinski definition) is 2. The van der Waals surface area contributed by atoms with Crippen molar-refractivity contribution in [2.75, 3.05) is 10.6 Å². The number of anilines is 3. The third kappa shape index (κ3) is 3.93. The molecule has 156 valence electrons. The van der Waals surface area contributed by atoms with Crippen molar-refractivity contribution < 1.29 is 4.79 Å². The molecule has 0 radical (unpaired) electrons. The predicted octanol–water partition coefficient (Wildman–Crippen LogP) is 3.17. The average Bonchev–Trinajstić information content (AvgIpc) is 3.21. The van der Waals surface area contributed by atoms with Gasteiger partial charge in [0.2, 0.25) is 11.9 Å². The zero-order valence-corrected chi connectivity index (χ0v) is 17.2. The van der Waals surface area contributed by atoms with Gasteiger partial charge < -0.3 is 10.6 Å². The summed E-state index contributed by atoms with van der Waals surface area (Å²) in [4.78, 5) is 33.6. The molecule has 1 amide bonds. The number of aromatic nitrogens is 5. The summed E-state index contributed by atoms with van der Waals surface area (Å²) in [7, 11) is 0. The van der Waals surface area contributed by atoms with Crippen molar-refractivity contribution >= 4 is 34.4 Å². The van der Waals surface area contributed by atoms with Gasteiger partial charge in [-0.2, -0.15) is 10.1 Å². The van der Waals surface area contributed by atoms with Crippen molar-refractivity contribution in [3.05, 3.63) is 77.4 Å². The van der Waals surface area contributed by atoms with E-state index < -0.39 is 0 Å². The third-order valence-electron chi connectivity index (χ3n) is 4.78. The van der Waals surface area contributed by atoms with E-state index in [1.165, 1.54) is 10.6 Å². The number of amides is 1. The zero-order valence-electron chi connectivity index (χ0n) is 17.2. The van der Waals surface area contributed by atoms with Gasteiger partial charge in [-0.3, -0.25) is 14.2 Å². The molecule has 0 saturated heterocycles. The number of nitrogens with zero attached hydrogens (tertiary/aromatic N) is 5. The van der Waals surface area contributed by atoms with Crippen LogP contribution in [0.15, 0.2) is 66.2 Å². The second kappa shape index (κ2) is 8.23. The number of carbonyl (C=O) groups excluding carboxylic acids is 1. The van der Waals surface area contributed by atoms with Gasteiger partial charge in [0.15, 0.2) is 5.65 Å². The van der Waals surface area contributed by atoms with Crippen molar-refractivity contribution in [1.29, 1.82) is 0 Å². The van der Waals surface area contributed by atoms with E-state index in [2.05, 4.69) is 32.3 Å². The Balaban J connectivity index is 1.85. The van der Waals surface area contributed by atoms with Crippen LogP contribution in [0.5, 0.6) is 0 Å². The maximum Gasteiger partial charge on any atom is 0.257 e. The lowest BCUT2D eigenvalue weighted by molar-refractivity contribution is -0.111. The number of nitrogens with one attached hydrogen (secondary N) is 2. The van der Waals surface area contributed by atoms with E-state index in [0.717, 1.165) is 16.8 Å². The molecular formula is C22H21N7O2. The molecule has 3 heterocycles. The predicted molar refractivity (Wildman–Crippen MR) is 120 cm³/mol. The minimum Gasteiger partial charge on any atom is -0.322 e. The van der Waals surface area contributed by atoms with Crippen LogP contribution in [0.2, 0.25) is 0 Å². The van der Waals surface area contributed by atoms with Gasteiger partial charge in [-0.1, -0.05) is 12.6 Å². The summed E-state index contributed by atoms with van der Waals surface area (Å²) in [5, 5.41) is 10.8. The molecule has 4 aromatic rings. The lowest BCUT2D eigenvalue weighted by Crippen LogP contribution is -2.20. The second-order valence-electron chi connectivity index (χ2n) is 6.83. The fraction of sp³-hybridized carbons (Fsp3) is 0.136. The topological polar surface area (TPSA) is 107 Å². The first-order valence-corrected chi connectivity index (χ1v) is 9.72. The Kier molecular flexibility index (Phi) is 5.31. The van der Waals surface area contributed by atoms with Crippen LogP contribution in [0.1, 0.15) is 12.5 Å². The maximum absolute atomic E-state index is 12.9. The van der Waals surface area contributed by atoms with E-state index in [0.29, 0.717) is 29.5 Å². The molecule has 0 unspecified atom stereocenters. The Morgan fingerprint density at radius 3 is 2.87 bits per heavy atom. The fourth-order valence-electron chi connectivity index (χ4n) is 3.28. The first-order chi connectivity index (χ1) is 15.0. The van der Waals surface area contributed by atoms with Crippen LogP contribution in [-0.4, -0.2) is 30.2 Å². The number of carbonyl (C=O) groups is 1. The van der Waals surface area contributed by atoms with Gasteiger partial charge in [-0.25, -0.2) is 9.67 Å². The molecular weight excluding hydrogens is 394 g/mol. The first kappa shape index (κ1) is 20.0. The van der Waals surface area contributed by atoms with Gasteiger partial charge in [0.05, 0.1) is 11.9 Å². The summed E-state index contributed by atoms with van der Waals surface area (Å²) in [6.45, 7) is 7.98. The smallest absolute Gasteiger partial charge is 0.257 e. The van der Waals surface area contributed by atoms with E-state index in [9.17, 15) is 9.59 Å². The van der Waals surface area contributed by atoms with Crippen LogP contribution in [0.4, 0.5) is 17.5 Å². The van der Waals surface area contributed by atoms with Gasteiger partial charge in [-0.15, -0.1) is 0 Å². The van der Waals surface area contributed by atoms with Crippen molar-refractivity contribution in [3.8, 4) is 5.69 Å². The number of fused-ring (bicyclic) bond motifs is 1. The summed E-state index contributed by atoms with van der Waals surface area (Å²) in [5.74, 6) is 0.759. The molecule has 4 rings (SSSR count). The number of aryl methyl sites for hydroxylation is 2. The molecule has 0 saturated carbocycles. The molecule has 31 heavy (non-hydrogen) atoms. The van der Waals surface area contributed by atoms with Gasteiger partial charge in [-0.05, 0) is 43.7 Å². The fourth-order valence-corrected chi connectivity index (χ4v) is 3.28. The average molecular weight is 415 g/mol. The molecule has 2 N–H and O–H groups in total. The van der Waals surface area contributed by atoms with Crippen molar-refractivity contribution in [3.63, 3.8) is 0 Å². The van der Waals surface area contributed by atoms with Crippen LogP contribution in [0.3, 0.4) is 0 Å². The molecule has 9 heteroatoms. The molecule has 1 aromatic carbocycles. The summed E-state index contributed by atoms with van der Waals surface area (Å²) < 4.78 is 3.28. The van der Waals surface area contributed by atoms with Crippen LogP contribution in [0, 0.1) is 6.92 Å². The number of pyridine rings is 1. The highest BCUT2D eigenvalue weighted by atomic mass is 16.1. The molecule has 0 atom stereocenters. The standard InChI is InChI=1S/C22H21N7O2/c1-4-19(30)25-15-7-6-8-16(12-15)29-20(31)11-14(3)17-13-23-22(27-21(17)29)26-18-9-10-24-28(18)5-2/h4,6-13H,1,5H2,2-3H3,(H,25,30)(H,23,26,27). The number of hydrogen-bond acceptors (Lipinski definition) is 6. The lowest BCUT2D eigenvalue weighted by Gasteiger charge is -2.14. The third-order valence-corrected chi connectivity index (χ3v) is 4.78. The molecule has 3 aromatic heterocycles. The molecule has 0 aliphatic rings. The normalized spacial score (nSPS) is 10.8. The Labute approximate surface area is 178 Å². The zero-order chi connectivity index (χ0) is 22.0. The first-order valence-electron chi connectivity index (χ1n) is 9.72. The summed E-state index contributed by atoms with van der Waals surface area (Å²) in [6, 6.07) is 10.3. The van der Waals surface area contributed by atoms with Crippen LogP contribution >= 0.6 is 0 Å². The largest absolute Gasteiger partial charge is 0.322 e. The molecule has 0 aliphatic carbocycles. The van der Waals surface area contributed by atoms with Crippen molar-refractivity contribution in [1.82, 2.24) is 24.3 Å². The Bertz CT molecular complexity index is 1350. The highest BCUT2D eigenvalue weighted by Crippen LogP contribution is 2.22. The monoisotopic (exact) mass is 415 g/mol. The minimum atomic E-state index is -0.334. The van der Waals surface area contributed by atoms with Crippen LogP contribution < -0.4 is 16.2 Å². The number of rotatable bonds is 6. The van der Waals surface area contributed by atoms with Gasteiger partial charge >= 0.3 is 0 Å². The highest BCUT2D eigenvalue weighted by Gasteiger charge is 2.13. The summed E-state index contributed by atoms with van der Waals surface area (Å²) >= 11 is 0. The Morgan fingerprint density at radius 2 is 2.10 bits per heavy atom. The van der Waals surface area contributed by atoms with Gasteiger partial charge in [0, 0.05) is 35.9 Å². The molecule has 0 aliphatic heterocycles. The molecule has 0 spiro atoms. The summed E-state index contributed by atoms with van der Waals surface area (Å²) in [5.41, 5.74) is 2.11. The van der Waals surface area contributed by atoms with E-state index >= 15 is 0 Å². The van der Waals surface area contributed by atoms with Crippen molar-refractivity contribution in [2.24, 2.45) is 0 Å². The Hall–Kier alpha value is -4.27. The molecule has 0 fully saturated rings. The SMILES string of the molecule is C=CC(=O)Nc1cccc(-n2c(=O)cc(C)c3cnc(Nc4ccnn4CC)nc32)c1. The quantitative estimate of drug-likeness (QED) is 0.469. The minimum absolute atomic E-state index is 0.236.